The number of benzene rings is 3. The van der Waals surface area contributed by atoms with Crippen LogP contribution in [0, 0.1) is 16.0 Å². The molecule has 0 aromatic heterocycles. The van der Waals surface area contributed by atoms with E-state index < -0.39 is 34.8 Å². The zero-order valence-electron chi connectivity index (χ0n) is 17.8. The van der Waals surface area contributed by atoms with Gasteiger partial charge >= 0.3 is 0 Å². The van der Waals surface area contributed by atoms with Gasteiger partial charge in [-0.15, -0.1) is 0 Å². The first-order valence-electron chi connectivity index (χ1n) is 10.4. The van der Waals surface area contributed by atoms with Crippen LogP contribution in [0.25, 0.3) is 0 Å². The molecule has 0 spiro atoms. The van der Waals surface area contributed by atoms with Crippen molar-refractivity contribution in [1.29, 1.82) is 0 Å². The van der Waals surface area contributed by atoms with E-state index in [1.807, 2.05) is 0 Å². The second-order valence-electron chi connectivity index (χ2n) is 7.86. The van der Waals surface area contributed by atoms with Crippen LogP contribution in [-0.2, 0) is 14.4 Å². The van der Waals surface area contributed by atoms with Gasteiger partial charge in [0.1, 0.15) is 11.7 Å². The van der Waals surface area contributed by atoms with E-state index in [4.69, 9.17) is 21.2 Å². The van der Waals surface area contributed by atoms with E-state index >= 15 is 0 Å². The molecule has 3 aromatic rings. The summed E-state index contributed by atoms with van der Waals surface area (Å²) in [6, 6.07) is 18.5. The SMILES string of the molecule is COc1ccc(N2C(=O)[C@H]3[C@H](ON(c4ccc(Cl)cc4)[C@@H]3c3cccc([N+](=O)[O-])c3)C2=O)cc1. The van der Waals surface area contributed by atoms with Crippen molar-refractivity contribution in [1.82, 2.24) is 0 Å². The molecule has 5 rings (SSSR count). The lowest BCUT2D eigenvalue weighted by Crippen LogP contribution is -2.37. The van der Waals surface area contributed by atoms with Crippen LogP contribution in [0.3, 0.4) is 0 Å². The predicted octanol–water partition coefficient (Wildman–Crippen LogP) is 4.31. The minimum atomic E-state index is -1.09. The third-order valence-corrected chi connectivity index (χ3v) is 6.20. The van der Waals surface area contributed by atoms with Crippen LogP contribution in [0.15, 0.2) is 72.8 Å². The van der Waals surface area contributed by atoms with E-state index in [0.717, 1.165) is 4.90 Å². The molecule has 2 fully saturated rings. The zero-order valence-corrected chi connectivity index (χ0v) is 18.6. The van der Waals surface area contributed by atoms with Gasteiger partial charge in [0, 0.05) is 17.2 Å². The van der Waals surface area contributed by atoms with Crippen molar-refractivity contribution in [3.63, 3.8) is 0 Å². The van der Waals surface area contributed by atoms with E-state index in [9.17, 15) is 19.7 Å². The number of nitro groups is 1. The number of hydroxylamine groups is 1. The van der Waals surface area contributed by atoms with Crippen LogP contribution in [-0.4, -0.2) is 30.0 Å². The molecule has 10 heteroatoms. The van der Waals surface area contributed by atoms with Gasteiger partial charge in [-0.25, -0.2) is 9.96 Å². The summed E-state index contributed by atoms with van der Waals surface area (Å²) in [5.41, 5.74) is 1.31. The van der Waals surface area contributed by atoms with E-state index in [0.29, 0.717) is 27.7 Å². The summed E-state index contributed by atoms with van der Waals surface area (Å²) >= 11 is 6.02. The number of nitro benzene ring substituents is 1. The molecule has 2 heterocycles. The highest BCUT2D eigenvalue weighted by Gasteiger charge is 2.60. The molecule has 0 aliphatic carbocycles. The standard InChI is InChI=1S/C24H18ClN3O6/c1-33-19-11-9-16(10-12-19)26-23(29)20-21(14-3-2-4-18(13-14)28(31)32)27(34-22(20)24(26)30)17-7-5-15(25)6-8-17/h2-13,20-22H,1H3/t20-,21-,22+/m1/s1. The fraction of sp³-hybridized carbons (Fsp3) is 0.167. The van der Waals surface area contributed by atoms with Crippen LogP contribution in [0.1, 0.15) is 11.6 Å². The van der Waals surface area contributed by atoms with Gasteiger partial charge in [-0.2, -0.15) is 0 Å². The van der Waals surface area contributed by atoms with Gasteiger partial charge in [0.05, 0.1) is 29.4 Å². The molecule has 2 aliphatic heterocycles. The van der Waals surface area contributed by atoms with Crippen molar-refractivity contribution in [2.24, 2.45) is 5.92 Å². The first-order valence-corrected chi connectivity index (χ1v) is 10.7. The minimum Gasteiger partial charge on any atom is -0.497 e. The van der Waals surface area contributed by atoms with Crippen molar-refractivity contribution in [3.05, 3.63) is 93.5 Å². The largest absolute Gasteiger partial charge is 0.497 e. The summed E-state index contributed by atoms with van der Waals surface area (Å²) in [5, 5.41) is 13.4. The highest BCUT2D eigenvalue weighted by molar-refractivity contribution is 6.30. The maximum atomic E-state index is 13.6. The highest BCUT2D eigenvalue weighted by Crippen LogP contribution is 2.48. The number of anilines is 2. The smallest absolute Gasteiger partial charge is 0.269 e. The molecule has 0 saturated carbocycles. The van der Waals surface area contributed by atoms with Crippen LogP contribution >= 0.6 is 11.6 Å². The van der Waals surface area contributed by atoms with Gasteiger partial charge < -0.3 is 4.74 Å². The summed E-state index contributed by atoms with van der Waals surface area (Å²) in [4.78, 5) is 45.0. The Balaban J connectivity index is 1.58. The zero-order chi connectivity index (χ0) is 24.0. The molecule has 0 N–H and O–H groups in total. The quantitative estimate of drug-likeness (QED) is 0.305. The molecule has 3 aromatic carbocycles. The van der Waals surface area contributed by atoms with Crippen LogP contribution in [0.5, 0.6) is 5.75 Å². The molecule has 3 atom stereocenters. The molecule has 9 nitrogen and oxygen atoms in total. The fourth-order valence-electron chi connectivity index (χ4n) is 4.37. The Hall–Kier alpha value is -3.95. The summed E-state index contributed by atoms with van der Waals surface area (Å²) < 4.78 is 5.15. The minimum absolute atomic E-state index is 0.124. The van der Waals surface area contributed by atoms with Crippen LogP contribution in [0.2, 0.25) is 5.02 Å². The van der Waals surface area contributed by atoms with Crippen molar-refractivity contribution in [2.45, 2.75) is 12.1 Å². The Morgan fingerprint density at radius 1 is 0.971 bits per heavy atom. The lowest BCUT2D eigenvalue weighted by atomic mass is 9.90. The summed E-state index contributed by atoms with van der Waals surface area (Å²) in [7, 11) is 1.52. The number of ether oxygens (including phenoxy) is 1. The van der Waals surface area contributed by atoms with Crippen molar-refractivity contribution < 1.29 is 24.1 Å². The third-order valence-electron chi connectivity index (χ3n) is 5.95. The lowest BCUT2D eigenvalue weighted by Gasteiger charge is -2.28. The molecule has 0 radical (unpaired) electrons. The van der Waals surface area contributed by atoms with Crippen molar-refractivity contribution >= 4 is 40.5 Å². The Labute approximate surface area is 199 Å². The normalized spacial score (nSPS) is 21.6. The Morgan fingerprint density at radius 3 is 2.29 bits per heavy atom. The molecular formula is C24H18ClN3O6. The highest BCUT2D eigenvalue weighted by atomic mass is 35.5. The number of carbonyl (C=O) groups excluding carboxylic acids is 2. The van der Waals surface area contributed by atoms with Gasteiger partial charge in [-0.1, -0.05) is 23.7 Å². The molecule has 2 aliphatic rings. The molecular weight excluding hydrogens is 462 g/mol. The average molecular weight is 480 g/mol. The second-order valence-corrected chi connectivity index (χ2v) is 8.30. The number of non-ortho nitro benzene ring substituents is 1. The number of fused-ring (bicyclic) bond motifs is 1. The number of imide groups is 1. The van der Waals surface area contributed by atoms with E-state index in [1.54, 1.807) is 60.7 Å². The molecule has 2 saturated heterocycles. The van der Waals surface area contributed by atoms with Crippen molar-refractivity contribution in [2.75, 3.05) is 17.1 Å². The monoisotopic (exact) mass is 479 g/mol. The maximum absolute atomic E-state index is 13.6. The van der Waals surface area contributed by atoms with Gasteiger partial charge in [0.15, 0.2) is 6.10 Å². The first-order chi connectivity index (χ1) is 16.4. The second kappa shape index (κ2) is 8.44. The van der Waals surface area contributed by atoms with Crippen LogP contribution < -0.4 is 14.7 Å². The van der Waals surface area contributed by atoms with Gasteiger partial charge in [0.2, 0.25) is 5.91 Å². The summed E-state index contributed by atoms with van der Waals surface area (Å²) in [5.74, 6) is -1.28. The Bertz CT molecular complexity index is 1280. The number of amides is 2. The number of halogens is 1. The van der Waals surface area contributed by atoms with E-state index in [-0.39, 0.29) is 5.69 Å². The van der Waals surface area contributed by atoms with Crippen molar-refractivity contribution in [3.8, 4) is 5.75 Å². The molecule has 0 bridgehead atoms. The molecule has 2 amide bonds. The Morgan fingerprint density at radius 2 is 1.65 bits per heavy atom. The number of hydrogen-bond donors (Lipinski definition) is 0. The number of carbonyl (C=O) groups is 2. The lowest BCUT2D eigenvalue weighted by molar-refractivity contribution is -0.384. The van der Waals surface area contributed by atoms with Gasteiger partial charge in [0.25, 0.3) is 11.6 Å². The Kier molecular flexibility index (Phi) is 5.43. The molecule has 0 unspecified atom stereocenters. The summed E-state index contributed by atoms with van der Waals surface area (Å²) in [6.07, 6.45) is -1.09. The number of methoxy groups -OCH3 is 1. The fourth-order valence-corrected chi connectivity index (χ4v) is 4.50. The average Bonchev–Trinajstić information content (AvgIpc) is 3.35. The number of nitrogens with zero attached hydrogens (tertiary/aromatic N) is 3. The topological polar surface area (TPSA) is 102 Å². The summed E-state index contributed by atoms with van der Waals surface area (Å²) in [6.45, 7) is 0. The first kappa shape index (κ1) is 21.9. The number of hydrogen-bond acceptors (Lipinski definition) is 7. The molecule has 34 heavy (non-hydrogen) atoms. The van der Waals surface area contributed by atoms with Gasteiger partial charge in [-0.05, 0) is 54.1 Å². The predicted molar refractivity (Wildman–Crippen MR) is 124 cm³/mol. The number of rotatable bonds is 5. The maximum Gasteiger partial charge on any atom is 0.269 e. The molecule has 172 valence electrons. The third kappa shape index (κ3) is 3.55. The van der Waals surface area contributed by atoms with E-state index in [1.165, 1.54) is 24.3 Å². The van der Waals surface area contributed by atoms with Gasteiger partial charge in [-0.3, -0.25) is 24.5 Å². The van der Waals surface area contributed by atoms with Crippen LogP contribution in [0.4, 0.5) is 17.1 Å². The van der Waals surface area contributed by atoms with E-state index in [2.05, 4.69) is 0 Å².